The lowest BCUT2D eigenvalue weighted by molar-refractivity contribution is -0.115. The standard InChI is InChI=1S/C15H19N5O2S/c1-20(9-10-2-5-16-6-3-10)14-17-7-4-11(18-14)8-12-13(21)19-15(22)23-12/h4,7-8,10,16H,2-3,5-6,9H2,1H3,(H,19,21,22)/b12-8+. The molecule has 122 valence electrons. The van der Waals surface area contributed by atoms with E-state index in [0.717, 1.165) is 44.2 Å². The molecule has 23 heavy (non-hydrogen) atoms. The van der Waals surface area contributed by atoms with Gasteiger partial charge in [0.05, 0.1) is 10.6 Å². The van der Waals surface area contributed by atoms with Gasteiger partial charge in [-0.25, -0.2) is 9.97 Å². The number of hydrogen-bond acceptors (Lipinski definition) is 7. The van der Waals surface area contributed by atoms with E-state index in [9.17, 15) is 9.59 Å². The maximum atomic E-state index is 11.6. The average Bonchev–Trinajstić information content (AvgIpc) is 2.86. The van der Waals surface area contributed by atoms with Crippen molar-refractivity contribution in [2.45, 2.75) is 12.8 Å². The Morgan fingerprint density at radius 2 is 2.17 bits per heavy atom. The second kappa shape index (κ2) is 7.10. The van der Waals surface area contributed by atoms with Crippen LogP contribution in [0.4, 0.5) is 10.7 Å². The topological polar surface area (TPSA) is 87.2 Å². The van der Waals surface area contributed by atoms with Gasteiger partial charge < -0.3 is 10.2 Å². The summed E-state index contributed by atoms with van der Waals surface area (Å²) in [5, 5.41) is 5.25. The highest BCUT2D eigenvalue weighted by Crippen LogP contribution is 2.25. The molecule has 2 saturated heterocycles. The number of hydrogen-bond donors (Lipinski definition) is 2. The molecule has 3 heterocycles. The smallest absolute Gasteiger partial charge is 0.290 e. The molecule has 0 aromatic carbocycles. The van der Waals surface area contributed by atoms with E-state index in [4.69, 9.17) is 0 Å². The van der Waals surface area contributed by atoms with E-state index < -0.39 is 0 Å². The summed E-state index contributed by atoms with van der Waals surface area (Å²) in [6.45, 7) is 3.03. The summed E-state index contributed by atoms with van der Waals surface area (Å²) in [5.74, 6) is 0.900. The van der Waals surface area contributed by atoms with Crippen LogP contribution in [0.2, 0.25) is 0 Å². The molecule has 0 unspecified atom stereocenters. The van der Waals surface area contributed by atoms with Crippen LogP contribution in [0.15, 0.2) is 17.2 Å². The van der Waals surface area contributed by atoms with Gasteiger partial charge in [-0.2, -0.15) is 0 Å². The molecule has 0 aliphatic carbocycles. The van der Waals surface area contributed by atoms with Crippen LogP contribution in [-0.4, -0.2) is 47.8 Å². The largest absolute Gasteiger partial charge is 0.344 e. The van der Waals surface area contributed by atoms with Gasteiger partial charge in [0.25, 0.3) is 11.1 Å². The maximum Gasteiger partial charge on any atom is 0.290 e. The molecule has 1 aromatic heterocycles. The summed E-state index contributed by atoms with van der Waals surface area (Å²) in [4.78, 5) is 34.0. The van der Waals surface area contributed by atoms with Crippen LogP contribution in [0.25, 0.3) is 6.08 Å². The van der Waals surface area contributed by atoms with E-state index in [0.29, 0.717) is 22.5 Å². The molecule has 2 N–H and O–H groups in total. The molecule has 2 aliphatic rings. The Balaban J connectivity index is 1.70. The molecule has 0 atom stereocenters. The Bertz CT molecular complexity index is 643. The van der Waals surface area contributed by atoms with Gasteiger partial charge in [-0.05, 0) is 55.8 Å². The third-order valence-electron chi connectivity index (χ3n) is 3.92. The lowest BCUT2D eigenvalue weighted by Crippen LogP contribution is -2.35. The predicted octanol–water partition coefficient (Wildman–Crippen LogP) is 1.24. The lowest BCUT2D eigenvalue weighted by Gasteiger charge is -2.27. The molecule has 8 heteroatoms. The maximum absolute atomic E-state index is 11.6. The van der Waals surface area contributed by atoms with Gasteiger partial charge in [0.2, 0.25) is 5.95 Å². The Labute approximate surface area is 138 Å². The van der Waals surface area contributed by atoms with Crippen LogP contribution in [0.3, 0.4) is 0 Å². The van der Waals surface area contributed by atoms with Crippen LogP contribution in [0.5, 0.6) is 0 Å². The van der Waals surface area contributed by atoms with Crippen molar-refractivity contribution in [3.8, 4) is 0 Å². The number of rotatable bonds is 4. The summed E-state index contributed by atoms with van der Waals surface area (Å²) < 4.78 is 0. The predicted molar refractivity (Wildman–Crippen MR) is 90.0 cm³/mol. The minimum absolute atomic E-state index is 0.349. The van der Waals surface area contributed by atoms with E-state index in [1.165, 1.54) is 0 Å². The van der Waals surface area contributed by atoms with Gasteiger partial charge in [-0.3, -0.25) is 14.9 Å². The number of aromatic nitrogens is 2. The van der Waals surface area contributed by atoms with Crippen molar-refractivity contribution in [2.75, 3.05) is 31.6 Å². The number of thioether (sulfide) groups is 1. The highest BCUT2D eigenvalue weighted by molar-refractivity contribution is 8.18. The normalized spacial score (nSPS) is 20.8. The van der Waals surface area contributed by atoms with Crippen molar-refractivity contribution in [3.63, 3.8) is 0 Å². The summed E-state index contributed by atoms with van der Waals surface area (Å²) in [5.41, 5.74) is 0.625. The third kappa shape index (κ3) is 4.08. The Kier molecular flexibility index (Phi) is 4.92. The number of carbonyl (C=O) groups is 2. The van der Waals surface area contributed by atoms with Gasteiger partial charge >= 0.3 is 0 Å². The molecule has 3 rings (SSSR count). The van der Waals surface area contributed by atoms with E-state index >= 15 is 0 Å². The first-order valence-electron chi connectivity index (χ1n) is 7.61. The Morgan fingerprint density at radius 1 is 1.39 bits per heavy atom. The van der Waals surface area contributed by atoms with E-state index in [1.807, 2.05) is 11.9 Å². The van der Waals surface area contributed by atoms with Crippen molar-refractivity contribution in [1.82, 2.24) is 20.6 Å². The molecule has 0 spiro atoms. The van der Waals surface area contributed by atoms with Crippen LogP contribution in [0.1, 0.15) is 18.5 Å². The number of carbonyl (C=O) groups excluding carboxylic acids is 2. The van der Waals surface area contributed by atoms with Crippen molar-refractivity contribution in [3.05, 3.63) is 22.9 Å². The minimum Gasteiger partial charge on any atom is -0.344 e. The van der Waals surface area contributed by atoms with Crippen molar-refractivity contribution >= 4 is 34.9 Å². The monoisotopic (exact) mass is 333 g/mol. The highest BCUT2D eigenvalue weighted by atomic mass is 32.2. The van der Waals surface area contributed by atoms with E-state index in [-0.39, 0.29) is 11.1 Å². The Morgan fingerprint density at radius 3 is 2.87 bits per heavy atom. The zero-order chi connectivity index (χ0) is 16.2. The molecule has 0 saturated carbocycles. The molecule has 1 aromatic rings. The molecule has 2 aliphatic heterocycles. The second-order valence-electron chi connectivity index (χ2n) is 5.71. The van der Waals surface area contributed by atoms with Crippen molar-refractivity contribution in [1.29, 1.82) is 0 Å². The molecule has 2 fully saturated rings. The fourth-order valence-electron chi connectivity index (χ4n) is 2.71. The van der Waals surface area contributed by atoms with Gasteiger partial charge in [-0.15, -0.1) is 0 Å². The lowest BCUT2D eigenvalue weighted by atomic mass is 9.98. The minimum atomic E-state index is -0.372. The molecule has 7 nitrogen and oxygen atoms in total. The zero-order valence-electron chi connectivity index (χ0n) is 12.9. The number of nitrogens with one attached hydrogen (secondary N) is 2. The van der Waals surface area contributed by atoms with Crippen LogP contribution in [-0.2, 0) is 4.79 Å². The number of nitrogens with zero attached hydrogens (tertiary/aromatic N) is 3. The van der Waals surface area contributed by atoms with Crippen LogP contribution < -0.4 is 15.5 Å². The van der Waals surface area contributed by atoms with Crippen LogP contribution >= 0.6 is 11.8 Å². The fourth-order valence-corrected chi connectivity index (χ4v) is 3.38. The average molecular weight is 333 g/mol. The first kappa shape index (κ1) is 15.9. The van der Waals surface area contributed by atoms with Gasteiger partial charge in [0.15, 0.2) is 0 Å². The molecule has 0 bridgehead atoms. The first-order valence-corrected chi connectivity index (χ1v) is 8.43. The van der Waals surface area contributed by atoms with Crippen molar-refractivity contribution in [2.24, 2.45) is 5.92 Å². The van der Waals surface area contributed by atoms with Crippen molar-refractivity contribution < 1.29 is 9.59 Å². The van der Waals surface area contributed by atoms with Gasteiger partial charge in [0.1, 0.15) is 0 Å². The fraction of sp³-hybridized carbons (Fsp3) is 0.467. The SMILES string of the molecule is CN(CC1CCNCC1)c1nccc(/C=C2/SC(=O)NC2=O)n1. The highest BCUT2D eigenvalue weighted by Gasteiger charge is 2.25. The van der Waals surface area contributed by atoms with E-state index in [2.05, 4.69) is 20.6 Å². The number of amides is 2. The number of piperidine rings is 1. The molecular formula is C15H19N5O2S. The van der Waals surface area contributed by atoms with Gasteiger partial charge in [-0.1, -0.05) is 0 Å². The van der Waals surface area contributed by atoms with Crippen LogP contribution in [0, 0.1) is 5.92 Å². The van der Waals surface area contributed by atoms with E-state index in [1.54, 1.807) is 18.3 Å². The zero-order valence-corrected chi connectivity index (χ0v) is 13.7. The molecule has 0 radical (unpaired) electrons. The second-order valence-corrected chi connectivity index (χ2v) is 6.72. The summed E-state index contributed by atoms with van der Waals surface area (Å²) in [6, 6.07) is 1.73. The molecule has 2 amide bonds. The first-order chi connectivity index (χ1) is 11.1. The quantitative estimate of drug-likeness (QED) is 0.802. The van der Waals surface area contributed by atoms with Gasteiger partial charge in [0, 0.05) is 19.8 Å². The number of anilines is 1. The summed E-state index contributed by atoms with van der Waals surface area (Å²) in [6.07, 6.45) is 5.61. The number of imide groups is 1. The summed E-state index contributed by atoms with van der Waals surface area (Å²) in [7, 11) is 1.98. The third-order valence-corrected chi connectivity index (χ3v) is 4.73. The summed E-state index contributed by atoms with van der Waals surface area (Å²) >= 11 is 0.892. The Hall–Kier alpha value is -1.93. The molecular weight excluding hydrogens is 314 g/mol.